The summed E-state index contributed by atoms with van der Waals surface area (Å²) in [5.41, 5.74) is 0.942. The number of methoxy groups -OCH3 is 1. The van der Waals surface area contributed by atoms with E-state index in [-0.39, 0.29) is 35.3 Å². The molecule has 202 valence electrons. The van der Waals surface area contributed by atoms with Crippen LogP contribution in [-0.4, -0.2) is 47.3 Å². The van der Waals surface area contributed by atoms with Gasteiger partial charge >= 0.3 is 0 Å². The van der Waals surface area contributed by atoms with E-state index in [4.69, 9.17) is 4.74 Å². The van der Waals surface area contributed by atoms with Crippen molar-refractivity contribution >= 4 is 29.3 Å². The molecule has 6 atom stereocenters. The van der Waals surface area contributed by atoms with E-state index in [9.17, 15) is 24.3 Å². The third-order valence-corrected chi connectivity index (χ3v) is 9.36. The number of hydrogen-bond acceptors (Lipinski definition) is 6. The van der Waals surface area contributed by atoms with Gasteiger partial charge in [0.1, 0.15) is 0 Å². The number of ether oxygens (including phenoxy) is 1. The average Bonchev–Trinajstić information content (AvgIpc) is 3.29. The Bertz CT molecular complexity index is 1420. The number of phenols is 1. The number of hydrogen-bond donors (Lipinski definition) is 1. The number of para-hydroxylation sites is 1. The summed E-state index contributed by atoms with van der Waals surface area (Å²) in [6.45, 7) is 4.15. The van der Waals surface area contributed by atoms with Crippen molar-refractivity contribution in [3.63, 3.8) is 0 Å². The first kappa shape index (κ1) is 25.3. The monoisotopic (exact) mass is 528 g/mol. The molecule has 4 aliphatic rings. The number of carbonyl (C=O) groups is 4. The van der Waals surface area contributed by atoms with Crippen molar-refractivity contribution in [3.05, 3.63) is 65.7 Å². The molecular weight excluding hydrogens is 496 g/mol. The number of anilines is 1. The van der Waals surface area contributed by atoms with Crippen molar-refractivity contribution in [1.29, 1.82) is 0 Å². The van der Waals surface area contributed by atoms with Gasteiger partial charge in [-0.3, -0.25) is 24.1 Å². The van der Waals surface area contributed by atoms with Gasteiger partial charge in [0, 0.05) is 12.5 Å². The first-order valence-corrected chi connectivity index (χ1v) is 13.6. The van der Waals surface area contributed by atoms with Crippen molar-refractivity contribution in [2.75, 3.05) is 18.6 Å². The van der Waals surface area contributed by atoms with Crippen LogP contribution in [0.2, 0.25) is 0 Å². The van der Waals surface area contributed by atoms with Gasteiger partial charge in [0.2, 0.25) is 23.6 Å². The second-order valence-corrected chi connectivity index (χ2v) is 11.3. The van der Waals surface area contributed by atoms with Crippen LogP contribution >= 0.6 is 0 Å². The molecule has 1 N–H and O–H groups in total. The summed E-state index contributed by atoms with van der Waals surface area (Å²) in [5, 5.41) is 10.7. The molecule has 3 fully saturated rings. The molecule has 4 amide bonds. The zero-order valence-electron chi connectivity index (χ0n) is 22.3. The predicted molar refractivity (Wildman–Crippen MR) is 143 cm³/mol. The SMILES string of the molecule is CCCN1C(=O)[C@H]2[C@H](CC=C3[C@H]2C[C@H]2C(=O)N(c4ccccc4)C(=O)[C@@]2(C)[C@H]3c2ccc(OC)c(O)c2)C1=O. The van der Waals surface area contributed by atoms with Crippen LogP contribution in [0.3, 0.4) is 0 Å². The Morgan fingerprint density at radius 1 is 1.00 bits per heavy atom. The minimum atomic E-state index is -1.14. The number of likely N-dealkylation sites (tertiary alicyclic amines) is 1. The molecular formula is C31H32N2O6. The van der Waals surface area contributed by atoms with E-state index in [0.29, 0.717) is 42.8 Å². The normalized spacial score (nSPS) is 31.7. The quantitative estimate of drug-likeness (QED) is 0.464. The molecule has 0 spiro atoms. The summed E-state index contributed by atoms with van der Waals surface area (Å²) < 4.78 is 5.25. The lowest BCUT2D eigenvalue weighted by Crippen LogP contribution is -2.48. The Labute approximate surface area is 227 Å². The van der Waals surface area contributed by atoms with Crippen molar-refractivity contribution < 1.29 is 29.0 Å². The summed E-state index contributed by atoms with van der Waals surface area (Å²) >= 11 is 0. The highest BCUT2D eigenvalue weighted by Gasteiger charge is 2.67. The molecule has 6 rings (SSSR count). The molecule has 0 unspecified atom stereocenters. The molecule has 0 radical (unpaired) electrons. The maximum absolute atomic E-state index is 14.3. The third kappa shape index (κ3) is 3.43. The van der Waals surface area contributed by atoms with Gasteiger partial charge in [-0.05, 0) is 61.9 Å². The van der Waals surface area contributed by atoms with Gasteiger partial charge in [-0.2, -0.15) is 0 Å². The number of fused-ring (bicyclic) bond motifs is 4. The van der Waals surface area contributed by atoms with Crippen LogP contribution in [0.4, 0.5) is 5.69 Å². The van der Waals surface area contributed by atoms with Gasteiger partial charge in [0.05, 0.1) is 36.0 Å². The van der Waals surface area contributed by atoms with E-state index in [1.54, 1.807) is 36.4 Å². The molecule has 8 nitrogen and oxygen atoms in total. The summed E-state index contributed by atoms with van der Waals surface area (Å²) in [7, 11) is 1.47. The van der Waals surface area contributed by atoms with Crippen LogP contribution in [0.5, 0.6) is 11.5 Å². The predicted octanol–water partition coefficient (Wildman–Crippen LogP) is 4.04. The first-order chi connectivity index (χ1) is 18.7. The molecule has 2 aliphatic heterocycles. The van der Waals surface area contributed by atoms with E-state index in [0.717, 1.165) is 5.57 Å². The molecule has 2 saturated heterocycles. The fraction of sp³-hybridized carbons (Fsp3) is 0.419. The van der Waals surface area contributed by atoms with E-state index < -0.39 is 29.1 Å². The number of benzene rings is 2. The standard InChI is InChI=1S/C31H32N2O6/c1-4-14-32-27(35)20-12-11-19-21(25(20)29(32)37)16-22-28(36)33(18-8-6-5-7-9-18)30(38)31(22,2)26(19)17-10-13-24(39-3)23(34)15-17/h5-11,13,15,20-22,25-26,34H,4,12,14,16H2,1-3H3/t20-,21+,22-,25-,26-,31+/m0/s1. The second kappa shape index (κ2) is 9.07. The van der Waals surface area contributed by atoms with E-state index in [1.165, 1.54) is 16.9 Å². The van der Waals surface area contributed by atoms with Gasteiger partial charge in [0.25, 0.3) is 0 Å². The highest BCUT2D eigenvalue weighted by atomic mass is 16.5. The number of imide groups is 2. The molecule has 2 heterocycles. The fourth-order valence-corrected chi connectivity index (χ4v) is 7.61. The molecule has 2 aliphatic carbocycles. The maximum atomic E-state index is 14.3. The van der Waals surface area contributed by atoms with Crippen LogP contribution in [0.1, 0.15) is 44.6 Å². The lowest BCUT2D eigenvalue weighted by Gasteiger charge is -2.49. The second-order valence-electron chi connectivity index (χ2n) is 11.3. The fourth-order valence-electron chi connectivity index (χ4n) is 7.61. The number of nitrogens with zero attached hydrogens (tertiary/aromatic N) is 2. The molecule has 2 aromatic carbocycles. The lowest BCUT2D eigenvalue weighted by atomic mass is 9.51. The van der Waals surface area contributed by atoms with Crippen LogP contribution in [0, 0.1) is 29.1 Å². The van der Waals surface area contributed by atoms with Crippen LogP contribution in [-0.2, 0) is 19.2 Å². The molecule has 0 bridgehead atoms. The number of phenolic OH excluding ortho intramolecular Hbond substituents is 1. The minimum absolute atomic E-state index is 0.0653. The number of aromatic hydroxyl groups is 1. The highest BCUT2D eigenvalue weighted by molar-refractivity contribution is 6.24. The summed E-state index contributed by atoms with van der Waals surface area (Å²) in [5.74, 6) is -3.31. The smallest absolute Gasteiger partial charge is 0.241 e. The Morgan fingerprint density at radius 2 is 1.74 bits per heavy atom. The zero-order valence-corrected chi connectivity index (χ0v) is 22.3. The maximum Gasteiger partial charge on any atom is 0.241 e. The first-order valence-electron chi connectivity index (χ1n) is 13.6. The van der Waals surface area contributed by atoms with Crippen molar-refractivity contribution in [2.24, 2.45) is 29.1 Å². The van der Waals surface area contributed by atoms with Crippen LogP contribution in [0.25, 0.3) is 0 Å². The third-order valence-electron chi connectivity index (χ3n) is 9.36. The van der Waals surface area contributed by atoms with Crippen LogP contribution in [0.15, 0.2) is 60.2 Å². The van der Waals surface area contributed by atoms with Gasteiger partial charge < -0.3 is 9.84 Å². The number of amides is 4. The van der Waals surface area contributed by atoms with Crippen molar-refractivity contribution in [2.45, 2.75) is 39.0 Å². The Hall–Kier alpha value is -3.94. The molecule has 1 saturated carbocycles. The zero-order chi connectivity index (χ0) is 27.6. The summed E-state index contributed by atoms with van der Waals surface area (Å²) in [6, 6.07) is 14.0. The Kier molecular flexibility index (Phi) is 5.90. The Morgan fingerprint density at radius 3 is 2.41 bits per heavy atom. The minimum Gasteiger partial charge on any atom is -0.504 e. The molecule has 0 aromatic heterocycles. The highest BCUT2D eigenvalue weighted by Crippen LogP contribution is 2.63. The number of carbonyl (C=O) groups excluding carboxylic acids is 4. The number of allylic oxidation sites excluding steroid dienone is 2. The van der Waals surface area contributed by atoms with E-state index in [2.05, 4.69) is 0 Å². The lowest BCUT2D eigenvalue weighted by molar-refractivity contribution is -0.140. The largest absolute Gasteiger partial charge is 0.504 e. The number of rotatable bonds is 5. The Balaban J connectivity index is 1.52. The average molecular weight is 529 g/mol. The van der Waals surface area contributed by atoms with Gasteiger partial charge in [-0.1, -0.05) is 42.8 Å². The molecule has 2 aromatic rings. The molecule has 39 heavy (non-hydrogen) atoms. The van der Waals surface area contributed by atoms with Crippen LogP contribution < -0.4 is 9.64 Å². The van der Waals surface area contributed by atoms with Crippen molar-refractivity contribution in [3.8, 4) is 11.5 Å². The topological polar surface area (TPSA) is 104 Å². The van der Waals surface area contributed by atoms with E-state index in [1.807, 2.05) is 32.1 Å². The van der Waals surface area contributed by atoms with Crippen molar-refractivity contribution in [1.82, 2.24) is 4.90 Å². The van der Waals surface area contributed by atoms with Gasteiger partial charge in [-0.25, -0.2) is 4.90 Å². The molecule has 8 heteroatoms. The summed E-state index contributed by atoms with van der Waals surface area (Å²) in [4.78, 5) is 57.8. The summed E-state index contributed by atoms with van der Waals surface area (Å²) in [6.07, 6.45) is 3.42. The van der Waals surface area contributed by atoms with Gasteiger partial charge in [0.15, 0.2) is 11.5 Å². The van der Waals surface area contributed by atoms with Gasteiger partial charge in [-0.15, -0.1) is 0 Å². The van der Waals surface area contributed by atoms with E-state index >= 15 is 0 Å².